The van der Waals surface area contributed by atoms with Crippen LogP contribution in [0.3, 0.4) is 0 Å². The first kappa shape index (κ1) is 12.5. The average Bonchev–Trinajstić information content (AvgIpc) is 3.10. The van der Waals surface area contributed by atoms with Gasteiger partial charge in [-0.2, -0.15) is 0 Å². The van der Waals surface area contributed by atoms with Crippen LogP contribution in [0.4, 0.5) is 4.39 Å². The molecule has 1 saturated carbocycles. The second-order valence-corrected chi connectivity index (χ2v) is 4.86. The summed E-state index contributed by atoms with van der Waals surface area (Å²) in [5.74, 6) is -0.337. The fourth-order valence-electron chi connectivity index (χ4n) is 1.87. The maximum Gasteiger partial charge on any atom is 0.123 e. The topological polar surface area (TPSA) is 52.5 Å². The van der Waals surface area contributed by atoms with Crippen molar-refractivity contribution in [3.05, 3.63) is 35.6 Å². The minimum Gasteiger partial charge on any atom is -0.396 e. The molecule has 0 aromatic heterocycles. The van der Waals surface area contributed by atoms with E-state index in [-0.39, 0.29) is 17.8 Å². The summed E-state index contributed by atoms with van der Waals surface area (Å²) in [6.45, 7) is 1.27. The van der Waals surface area contributed by atoms with Crippen LogP contribution in [0.25, 0.3) is 0 Å². The first-order valence-electron chi connectivity index (χ1n) is 5.90. The molecule has 1 aromatic carbocycles. The van der Waals surface area contributed by atoms with E-state index in [9.17, 15) is 9.50 Å². The quantitative estimate of drug-likeness (QED) is 0.699. The molecule has 3 N–H and O–H groups in total. The Morgan fingerprint density at radius 2 is 2.18 bits per heavy atom. The maximum absolute atomic E-state index is 12.9. The summed E-state index contributed by atoms with van der Waals surface area (Å²) in [6.07, 6.45) is 1.36. The second-order valence-electron chi connectivity index (χ2n) is 4.86. The van der Waals surface area contributed by atoms with Gasteiger partial charge in [0.05, 0.1) is 6.10 Å². The van der Waals surface area contributed by atoms with E-state index >= 15 is 0 Å². The van der Waals surface area contributed by atoms with Gasteiger partial charge in [-0.25, -0.2) is 4.39 Å². The van der Waals surface area contributed by atoms with E-state index in [0.717, 1.165) is 12.8 Å². The number of rotatable bonds is 6. The Balaban J connectivity index is 1.79. The van der Waals surface area contributed by atoms with Crippen LogP contribution in [0, 0.1) is 11.2 Å². The third-order valence-corrected chi connectivity index (χ3v) is 3.36. The molecular weight excluding hydrogens is 221 g/mol. The number of hydrogen-bond acceptors (Lipinski definition) is 3. The van der Waals surface area contributed by atoms with Crippen molar-refractivity contribution >= 4 is 0 Å². The van der Waals surface area contributed by atoms with Crippen LogP contribution in [-0.4, -0.2) is 29.9 Å². The molecule has 3 nitrogen and oxygen atoms in total. The van der Waals surface area contributed by atoms with Crippen molar-refractivity contribution in [1.29, 1.82) is 0 Å². The smallest absolute Gasteiger partial charge is 0.123 e. The van der Waals surface area contributed by atoms with Crippen molar-refractivity contribution in [2.45, 2.75) is 18.9 Å². The van der Waals surface area contributed by atoms with Gasteiger partial charge < -0.3 is 15.5 Å². The Labute approximate surface area is 100 Å². The Hall–Kier alpha value is -0.970. The van der Waals surface area contributed by atoms with Crippen molar-refractivity contribution in [3.8, 4) is 0 Å². The normalized spacial score (nSPS) is 19.0. The molecule has 0 amide bonds. The van der Waals surface area contributed by atoms with Gasteiger partial charge in [0.2, 0.25) is 0 Å². The van der Waals surface area contributed by atoms with E-state index < -0.39 is 6.10 Å². The van der Waals surface area contributed by atoms with Gasteiger partial charge >= 0.3 is 0 Å². The molecule has 2 rings (SSSR count). The molecule has 1 aromatic rings. The Morgan fingerprint density at radius 3 is 2.76 bits per heavy atom. The highest BCUT2D eigenvalue weighted by Crippen LogP contribution is 2.44. The van der Waals surface area contributed by atoms with Crippen LogP contribution in [0.15, 0.2) is 24.3 Å². The number of halogens is 1. The zero-order valence-electron chi connectivity index (χ0n) is 9.69. The van der Waals surface area contributed by atoms with Gasteiger partial charge in [-0.3, -0.25) is 0 Å². The van der Waals surface area contributed by atoms with Crippen LogP contribution in [0.5, 0.6) is 0 Å². The minimum absolute atomic E-state index is 0.0294. The van der Waals surface area contributed by atoms with Gasteiger partial charge in [0.1, 0.15) is 5.82 Å². The van der Waals surface area contributed by atoms with E-state index in [0.29, 0.717) is 18.7 Å². The molecule has 1 aliphatic rings. The lowest BCUT2D eigenvalue weighted by atomic mass is 10.1. The maximum atomic E-state index is 12.9. The molecule has 0 bridgehead atoms. The Bertz CT molecular complexity index is 379. The predicted octanol–water partition coefficient (Wildman–Crippen LogP) is 1.22. The minimum atomic E-state index is -0.708. The number of aliphatic hydroxyl groups excluding tert-OH is 2. The second kappa shape index (κ2) is 5.12. The van der Waals surface area contributed by atoms with Gasteiger partial charge in [-0.05, 0) is 30.5 Å². The highest BCUT2D eigenvalue weighted by atomic mass is 19.1. The van der Waals surface area contributed by atoms with Crippen LogP contribution in [0.2, 0.25) is 0 Å². The lowest BCUT2D eigenvalue weighted by molar-refractivity contribution is 0.162. The molecular formula is C13H18FNO2. The number of benzene rings is 1. The van der Waals surface area contributed by atoms with Crippen LogP contribution in [0.1, 0.15) is 24.5 Å². The molecule has 0 radical (unpaired) electrons. The molecule has 17 heavy (non-hydrogen) atoms. The fourth-order valence-corrected chi connectivity index (χ4v) is 1.87. The predicted molar refractivity (Wildman–Crippen MR) is 63.0 cm³/mol. The van der Waals surface area contributed by atoms with E-state index in [1.54, 1.807) is 12.1 Å². The molecule has 94 valence electrons. The number of nitrogens with one attached hydrogen (secondary N) is 1. The van der Waals surface area contributed by atoms with E-state index in [4.69, 9.17) is 5.11 Å². The average molecular weight is 239 g/mol. The summed E-state index contributed by atoms with van der Waals surface area (Å²) in [5, 5.41) is 22.1. The van der Waals surface area contributed by atoms with E-state index in [1.807, 2.05) is 0 Å². The highest BCUT2D eigenvalue weighted by molar-refractivity contribution is 5.19. The summed E-state index contributed by atoms with van der Waals surface area (Å²) >= 11 is 0. The standard InChI is InChI=1S/C13H18FNO2/c14-11-3-1-2-10(6-11)12(17)7-15-8-13(9-16)4-5-13/h1-3,6,12,15-17H,4-5,7-9H2. The fraction of sp³-hybridized carbons (Fsp3) is 0.538. The zero-order chi connectivity index (χ0) is 12.3. The summed E-state index contributed by atoms with van der Waals surface area (Å²) in [7, 11) is 0. The summed E-state index contributed by atoms with van der Waals surface area (Å²) in [6, 6.07) is 5.98. The summed E-state index contributed by atoms with van der Waals surface area (Å²) in [4.78, 5) is 0. The third kappa shape index (κ3) is 3.25. The van der Waals surface area contributed by atoms with Crippen LogP contribution >= 0.6 is 0 Å². The largest absolute Gasteiger partial charge is 0.396 e. The van der Waals surface area contributed by atoms with E-state index in [1.165, 1.54) is 12.1 Å². The Morgan fingerprint density at radius 1 is 1.41 bits per heavy atom. The third-order valence-electron chi connectivity index (χ3n) is 3.36. The van der Waals surface area contributed by atoms with Gasteiger partial charge in [0.25, 0.3) is 0 Å². The van der Waals surface area contributed by atoms with Crippen molar-refractivity contribution in [2.75, 3.05) is 19.7 Å². The molecule has 1 fully saturated rings. The molecule has 0 heterocycles. The molecule has 1 aliphatic carbocycles. The Kier molecular flexibility index (Phi) is 3.76. The molecule has 0 saturated heterocycles. The number of hydrogen-bond donors (Lipinski definition) is 3. The number of aliphatic hydroxyl groups is 2. The van der Waals surface area contributed by atoms with Crippen molar-refractivity contribution in [3.63, 3.8) is 0 Å². The zero-order valence-corrected chi connectivity index (χ0v) is 9.69. The van der Waals surface area contributed by atoms with Crippen LogP contribution < -0.4 is 5.32 Å². The lowest BCUT2D eigenvalue weighted by Crippen LogP contribution is -2.30. The monoisotopic (exact) mass is 239 g/mol. The SMILES string of the molecule is OCC1(CNCC(O)c2cccc(F)c2)CC1. The van der Waals surface area contributed by atoms with Gasteiger partial charge in [0.15, 0.2) is 0 Å². The summed E-state index contributed by atoms with van der Waals surface area (Å²) < 4.78 is 12.9. The van der Waals surface area contributed by atoms with Gasteiger partial charge in [-0.15, -0.1) is 0 Å². The van der Waals surface area contributed by atoms with Gasteiger partial charge in [0, 0.05) is 25.1 Å². The van der Waals surface area contributed by atoms with Crippen LogP contribution in [-0.2, 0) is 0 Å². The lowest BCUT2D eigenvalue weighted by Gasteiger charge is -2.16. The molecule has 1 unspecified atom stereocenters. The molecule has 0 spiro atoms. The van der Waals surface area contributed by atoms with Crippen molar-refractivity contribution in [1.82, 2.24) is 5.32 Å². The van der Waals surface area contributed by atoms with Gasteiger partial charge in [-0.1, -0.05) is 12.1 Å². The van der Waals surface area contributed by atoms with E-state index in [2.05, 4.69) is 5.32 Å². The summed E-state index contributed by atoms with van der Waals surface area (Å²) in [5.41, 5.74) is 0.605. The first-order valence-corrected chi connectivity index (χ1v) is 5.90. The first-order chi connectivity index (χ1) is 8.15. The molecule has 4 heteroatoms. The van der Waals surface area contributed by atoms with Crippen molar-refractivity contribution < 1.29 is 14.6 Å². The van der Waals surface area contributed by atoms with Crippen molar-refractivity contribution in [2.24, 2.45) is 5.41 Å². The highest BCUT2D eigenvalue weighted by Gasteiger charge is 2.41. The molecule has 1 atom stereocenters. The molecule has 0 aliphatic heterocycles.